The number of ether oxygens (including phenoxy) is 2. The second kappa shape index (κ2) is 3.73. The highest BCUT2D eigenvalue weighted by Gasteiger charge is 2.32. The van der Waals surface area contributed by atoms with Crippen LogP contribution in [-0.2, 0) is 0 Å². The van der Waals surface area contributed by atoms with E-state index in [0.717, 1.165) is 6.20 Å². The van der Waals surface area contributed by atoms with Crippen molar-refractivity contribution in [3.63, 3.8) is 0 Å². The topological polar surface area (TPSA) is 31.4 Å². The standard InChI is InChI=1S/C8H8F3NO2/c1-5-6(13-2)3-12-4-7(5)14-8(9,10)11/h3-4H,1-2H3. The molecule has 1 rings (SSSR count). The minimum Gasteiger partial charge on any atom is -0.495 e. The number of pyridine rings is 1. The van der Waals surface area contributed by atoms with Crippen molar-refractivity contribution in [2.45, 2.75) is 13.3 Å². The van der Waals surface area contributed by atoms with Crippen LogP contribution in [-0.4, -0.2) is 18.5 Å². The maximum atomic E-state index is 11.9. The number of alkyl halides is 3. The van der Waals surface area contributed by atoms with E-state index < -0.39 is 6.36 Å². The van der Waals surface area contributed by atoms with Crippen molar-refractivity contribution in [2.24, 2.45) is 0 Å². The summed E-state index contributed by atoms with van der Waals surface area (Å²) in [4.78, 5) is 3.55. The molecule has 1 heterocycles. The molecule has 0 atom stereocenters. The van der Waals surface area contributed by atoms with Crippen LogP contribution in [0.1, 0.15) is 5.56 Å². The van der Waals surface area contributed by atoms with Crippen molar-refractivity contribution in [3.05, 3.63) is 18.0 Å². The number of methoxy groups -OCH3 is 1. The number of hydrogen-bond donors (Lipinski definition) is 0. The van der Waals surface area contributed by atoms with Crippen LogP contribution in [0.15, 0.2) is 12.4 Å². The Morgan fingerprint density at radius 1 is 1.21 bits per heavy atom. The Hall–Kier alpha value is -1.46. The molecular weight excluding hydrogens is 199 g/mol. The van der Waals surface area contributed by atoms with Gasteiger partial charge in [0.05, 0.1) is 19.5 Å². The average molecular weight is 207 g/mol. The van der Waals surface area contributed by atoms with Gasteiger partial charge in [-0.1, -0.05) is 0 Å². The van der Waals surface area contributed by atoms with Gasteiger partial charge in [-0.05, 0) is 6.92 Å². The highest BCUT2D eigenvalue weighted by Crippen LogP contribution is 2.30. The molecule has 6 heteroatoms. The summed E-state index contributed by atoms with van der Waals surface area (Å²) in [6.07, 6.45) is -2.40. The van der Waals surface area contributed by atoms with Gasteiger partial charge in [-0.15, -0.1) is 13.2 Å². The Labute approximate surface area is 78.5 Å². The molecule has 0 aliphatic rings. The van der Waals surface area contributed by atoms with E-state index in [1.807, 2.05) is 0 Å². The highest BCUT2D eigenvalue weighted by molar-refractivity contribution is 5.40. The minimum absolute atomic E-state index is 0.256. The molecule has 0 radical (unpaired) electrons. The van der Waals surface area contributed by atoms with Crippen LogP contribution >= 0.6 is 0 Å². The van der Waals surface area contributed by atoms with Gasteiger partial charge in [0.2, 0.25) is 0 Å². The van der Waals surface area contributed by atoms with Gasteiger partial charge in [0, 0.05) is 5.56 Å². The van der Waals surface area contributed by atoms with E-state index in [4.69, 9.17) is 4.74 Å². The van der Waals surface area contributed by atoms with Crippen molar-refractivity contribution >= 4 is 0 Å². The molecule has 3 nitrogen and oxygen atoms in total. The fraction of sp³-hybridized carbons (Fsp3) is 0.375. The lowest BCUT2D eigenvalue weighted by atomic mass is 10.2. The average Bonchev–Trinajstić information content (AvgIpc) is 2.06. The second-order valence-corrected chi connectivity index (χ2v) is 2.51. The Balaban J connectivity index is 2.98. The maximum absolute atomic E-state index is 11.9. The lowest BCUT2D eigenvalue weighted by molar-refractivity contribution is -0.275. The number of halogens is 3. The first-order valence-electron chi connectivity index (χ1n) is 3.68. The SMILES string of the molecule is COc1cncc(OC(F)(F)F)c1C. The van der Waals surface area contributed by atoms with Gasteiger partial charge in [0.15, 0.2) is 5.75 Å². The van der Waals surface area contributed by atoms with Crippen LogP contribution in [0, 0.1) is 6.92 Å². The number of rotatable bonds is 2. The molecule has 14 heavy (non-hydrogen) atoms. The Morgan fingerprint density at radius 3 is 2.29 bits per heavy atom. The lowest BCUT2D eigenvalue weighted by Crippen LogP contribution is -2.18. The molecule has 1 aromatic heterocycles. The molecule has 0 saturated heterocycles. The molecule has 0 aliphatic heterocycles. The number of aromatic nitrogens is 1. The molecule has 0 spiro atoms. The van der Waals surface area contributed by atoms with Crippen molar-refractivity contribution in [1.82, 2.24) is 4.98 Å². The molecule has 0 unspecified atom stereocenters. The van der Waals surface area contributed by atoms with E-state index >= 15 is 0 Å². The van der Waals surface area contributed by atoms with Gasteiger partial charge < -0.3 is 9.47 Å². The summed E-state index contributed by atoms with van der Waals surface area (Å²) in [6.45, 7) is 1.46. The zero-order valence-corrected chi connectivity index (χ0v) is 7.55. The summed E-state index contributed by atoms with van der Waals surface area (Å²) in [5.41, 5.74) is 0.264. The van der Waals surface area contributed by atoms with Crippen LogP contribution in [0.3, 0.4) is 0 Å². The van der Waals surface area contributed by atoms with E-state index in [2.05, 4.69) is 9.72 Å². The van der Waals surface area contributed by atoms with Crippen molar-refractivity contribution in [1.29, 1.82) is 0 Å². The summed E-state index contributed by atoms with van der Waals surface area (Å²) >= 11 is 0. The number of hydrogen-bond acceptors (Lipinski definition) is 3. The molecular formula is C8H8F3NO2. The summed E-state index contributed by atoms with van der Waals surface area (Å²) in [7, 11) is 1.35. The molecule has 0 aliphatic carbocycles. The molecule has 0 N–H and O–H groups in total. The Bertz CT molecular complexity index is 325. The zero-order chi connectivity index (χ0) is 10.8. The number of nitrogens with zero attached hydrogens (tertiary/aromatic N) is 1. The van der Waals surface area contributed by atoms with Gasteiger partial charge in [0.1, 0.15) is 5.75 Å². The maximum Gasteiger partial charge on any atom is 0.573 e. The van der Waals surface area contributed by atoms with Crippen LogP contribution in [0.2, 0.25) is 0 Å². The predicted octanol–water partition coefficient (Wildman–Crippen LogP) is 2.30. The minimum atomic E-state index is -4.71. The predicted molar refractivity (Wildman–Crippen MR) is 42.2 cm³/mol. The summed E-state index contributed by atoms with van der Waals surface area (Å²) in [5.74, 6) is -0.0939. The third-order valence-corrected chi connectivity index (χ3v) is 1.57. The fourth-order valence-electron chi connectivity index (χ4n) is 0.921. The van der Waals surface area contributed by atoms with E-state index in [-0.39, 0.29) is 17.1 Å². The molecule has 0 amide bonds. The van der Waals surface area contributed by atoms with E-state index in [0.29, 0.717) is 0 Å². The highest BCUT2D eigenvalue weighted by atomic mass is 19.4. The molecule has 0 fully saturated rings. The fourth-order valence-corrected chi connectivity index (χ4v) is 0.921. The normalized spacial score (nSPS) is 11.2. The summed E-state index contributed by atoms with van der Waals surface area (Å²) in [6, 6.07) is 0. The van der Waals surface area contributed by atoms with Crippen LogP contribution in [0.25, 0.3) is 0 Å². The summed E-state index contributed by atoms with van der Waals surface area (Å²) < 4.78 is 44.1. The van der Waals surface area contributed by atoms with Gasteiger partial charge in [-0.25, -0.2) is 0 Å². The van der Waals surface area contributed by atoms with Crippen LogP contribution in [0.4, 0.5) is 13.2 Å². The third-order valence-electron chi connectivity index (χ3n) is 1.57. The molecule has 0 bridgehead atoms. The second-order valence-electron chi connectivity index (χ2n) is 2.51. The van der Waals surface area contributed by atoms with Crippen molar-refractivity contribution in [3.8, 4) is 11.5 Å². The van der Waals surface area contributed by atoms with Crippen LogP contribution < -0.4 is 9.47 Å². The lowest BCUT2D eigenvalue weighted by Gasteiger charge is -2.12. The first-order chi connectivity index (χ1) is 6.44. The van der Waals surface area contributed by atoms with E-state index in [9.17, 15) is 13.2 Å². The Morgan fingerprint density at radius 2 is 1.79 bits per heavy atom. The molecule has 0 saturated carbocycles. The molecule has 1 aromatic rings. The van der Waals surface area contributed by atoms with E-state index in [1.165, 1.54) is 20.2 Å². The first-order valence-corrected chi connectivity index (χ1v) is 3.68. The largest absolute Gasteiger partial charge is 0.573 e. The molecule has 0 aromatic carbocycles. The molecule has 78 valence electrons. The first kappa shape index (κ1) is 10.6. The van der Waals surface area contributed by atoms with Gasteiger partial charge in [-0.2, -0.15) is 0 Å². The smallest absolute Gasteiger partial charge is 0.495 e. The monoisotopic (exact) mass is 207 g/mol. The van der Waals surface area contributed by atoms with Crippen molar-refractivity contribution in [2.75, 3.05) is 7.11 Å². The Kier molecular flexibility index (Phi) is 2.83. The van der Waals surface area contributed by atoms with Gasteiger partial charge in [-0.3, -0.25) is 4.98 Å². The van der Waals surface area contributed by atoms with Gasteiger partial charge >= 0.3 is 6.36 Å². The quantitative estimate of drug-likeness (QED) is 0.745. The van der Waals surface area contributed by atoms with Crippen LogP contribution in [0.5, 0.6) is 11.5 Å². The van der Waals surface area contributed by atoms with Gasteiger partial charge in [0.25, 0.3) is 0 Å². The zero-order valence-electron chi connectivity index (χ0n) is 7.55. The summed E-state index contributed by atoms with van der Waals surface area (Å²) in [5, 5.41) is 0. The third kappa shape index (κ3) is 2.51. The van der Waals surface area contributed by atoms with Crippen molar-refractivity contribution < 1.29 is 22.6 Å². The van der Waals surface area contributed by atoms with E-state index in [1.54, 1.807) is 0 Å².